The van der Waals surface area contributed by atoms with E-state index in [0.29, 0.717) is 6.10 Å². The van der Waals surface area contributed by atoms with Gasteiger partial charge in [-0.1, -0.05) is 84.0 Å². The summed E-state index contributed by atoms with van der Waals surface area (Å²) >= 11 is 0. The maximum Gasteiger partial charge on any atom is 0.0841 e. The van der Waals surface area contributed by atoms with Crippen LogP contribution in [0.1, 0.15) is 90.4 Å². The average Bonchev–Trinajstić information content (AvgIpc) is 3.19. The number of unbranched alkanes of at least 4 members (excludes halogenated alkanes) is 12. The summed E-state index contributed by atoms with van der Waals surface area (Å²) in [6, 6.07) is 0. The predicted molar refractivity (Wildman–Crippen MR) is 79.7 cm³/mol. The van der Waals surface area contributed by atoms with Crippen molar-refractivity contribution in [2.24, 2.45) is 0 Å². The number of epoxide rings is 1. The maximum absolute atomic E-state index is 5.16. The first kappa shape index (κ1) is 16.0. The second kappa shape index (κ2) is 12.0. The molecule has 0 aliphatic carbocycles. The maximum atomic E-state index is 5.16. The van der Waals surface area contributed by atoms with Crippen molar-refractivity contribution >= 4 is 0 Å². The molecule has 0 aromatic carbocycles. The van der Waals surface area contributed by atoms with Crippen LogP contribution < -0.4 is 0 Å². The topological polar surface area (TPSA) is 12.5 Å². The van der Waals surface area contributed by atoms with E-state index in [-0.39, 0.29) is 0 Å². The van der Waals surface area contributed by atoms with Crippen molar-refractivity contribution < 1.29 is 4.74 Å². The molecule has 18 heavy (non-hydrogen) atoms. The summed E-state index contributed by atoms with van der Waals surface area (Å²) < 4.78 is 5.16. The Morgan fingerprint density at radius 2 is 1.22 bits per heavy atom. The van der Waals surface area contributed by atoms with Crippen LogP contribution in [0.15, 0.2) is 0 Å². The summed E-state index contributed by atoms with van der Waals surface area (Å²) in [7, 11) is 0. The van der Waals surface area contributed by atoms with Crippen LogP contribution in [0.25, 0.3) is 0 Å². The van der Waals surface area contributed by atoms with Crippen molar-refractivity contribution in [1.29, 1.82) is 0 Å². The third-order valence-corrected chi connectivity index (χ3v) is 3.85. The lowest BCUT2D eigenvalue weighted by atomic mass is 10.0. The molecule has 1 unspecified atom stereocenters. The van der Waals surface area contributed by atoms with Gasteiger partial charge in [0, 0.05) is 0 Å². The molecule has 0 aromatic heterocycles. The third-order valence-electron chi connectivity index (χ3n) is 3.85. The second-order valence-electron chi connectivity index (χ2n) is 5.79. The first-order valence-electron chi connectivity index (χ1n) is 8.38. The molecule has 0 saturated carbocycles. The molecule has 1 radical (unpaired) electrons. The minimum Gasteiger partial charge on any atom is -0.373 e. The molecule has 1 saturated heterocycles. The molecular formula is C17H33O. The van der Waals surface area contributed by atoms with Gasteiger partial charge in [-0.05, 0) is 12.8 Å². The predicted octanol–water partition coefficient (Wildman–Crippen LogP) is 5.68. The zero-order valence-corrected chi connectivity index (χ0v) is 12.5. The highest BCUT2D eigenvalue weighted by Gasteiger charge is 2.21. The fourth-order valence-electron chi connectivity index (χ4n) is 2.48. The van der Waals surface area contributed by atoms with Gasteiger partial charge in [-0.3, -0.25) is 0 Å². The average molecular weight is 253 g/mol. The Hall–Kier alpha value is -0.0400. The first-order chi connectivity index (χ1) is 8.93. The van der Waals surface area contributed by atoms with Gasteiger partial charge in [0.25, 0.3) is 0 Å². The Balaban J connectivity index is 1.60. The number of ether oxygens (including phenoxy) is 1. The van der Waals surface area contributed by atoms with E-state index < -0.39 is 0 Å². The summed E-state index contributed by atoms with van der Waals surface area (Å²) in [6.45, 7) is 3.27. The highest BCUT2D eigenvalue weighted by molar-refractivity contribution is 4.85. The standard InChI is InChI=1S/C17H33O/c1-2-3-4-5-6-7-8-9-10-11-12-13-14-15-17-16-18-17/h15,17H,2-14,16H2,1H3. The molecule has 1 aliphatic rings. The molecule has 1 aliphatic heterocycles. The van der Waals surface area contributed by atoms with E-state index in [9.17, 15) is 0 Å². The van der Waals surface area contributed by atoms with E-state index in [1.165, 1.54) is 83.5 Å². The lowest BCUT2D eigenvalue weighted by molar-refractivity contribution is 0.423. The smallest absolute Gasteiger partial charge is 0.0841 e. The monoisotopic (exact) mass is 253 g/mol. The Morgan fingerprint density at radius 1 is 0.778 bits per heavy atom. The van der Waals surface area contributed by atoms with Gasteiger partial charge in [0.2, 0.25) is 0 Å². The van der Waals surface area contributed by atoms with Gasteiger partial charge < -0.3 is 4.74 Å². The molecular weight excluding hydrogens is 220 g/mol. The van der Waals surface area contributed by atoms with E-state index in [0.717, 1.165) is 6.61 Å². The fourth-order valence-corrected chi connectivity index (χ4v) is 2.48. The van der Waals surface area contributed by atoms with E-state index in [1.54, 1.807) is 0 Å². The van der Waals surface area contributed by atoms with Gasteiger partial charge in [0.05, 0.1) is 12.7 Å². The highest BCUT2D eigenvalue weighted by Crippen LogP contribution is 2.17. The summed E-state index contributed by atoms with van der Waals surface area (Å²) in [5.74, 6) is 0. The first-order valence-corrected chi connectivity index (χ1v) is 8.38. The summed E-state index contributed by atoms with van der Waals surface area (Å²) in [5.41, 5.74) is 0. The van der Waals surface area contributed by atoms with E-state index >= 15 is 0 Å². The lowest BCUT2D eigenvalue weighted by Crippen LogP contribution is -1.87. The molecule has 1 atom stereocenters. The number of hydrogen-bond acceptors (Lipinski definition) is 1. The molecule has 0 spiro atoms. The van der Waals surface area contributed by atoms with Crippen LogP contribution in [0.5, 0.6) is 0 Å². The van der Waals surface area contributed by atoms with Crippen molar-refractivity contribution in [3.63, 3.8) is 0 Å². The van der Waals surface area contributed by atoms with E-state index in [2.05, 4.69) is 13.3 Å². The van der Waals surface area contributed by atoms with Crippen molar-refractivity contribution in [2.45, 2.75) is 96.5 Å². The molecule has 0 amide bonds. The third kappa shape index (κ3) is 11.1. The van der Waals surface area contributed by atoms with Crippen LogP contribution in [0.2, 0.25) is 0 Å². The lowest BCUT2D eigenvalue weighted by Gasteiger charge is -2.02. The van der Waals surface area contributed by atoms with Crippen LogP contribution in [0.3, 0.4) is 0 Å². The summed E-state index contributed by atoms with van der Waals surface area (Å²) in [4.78, 5) is 0. The van der Waals surface area contributed by atoms with Gasteiger partial charge in [-0.25, -0.2) is 0 Å². The van der Waals surface area contributed by atoms with Crippen LogP contribution in [0.4, 0.5) is 0 Å². The van der Waals surface area contributed by atoms with Crippen molar-refractivity contribution in [3.05, 3.63) is 6.42 Å². The van der Waals surface area contributed by atoms with Gasteiger partial charge in [-0.2, -0.15) is 0 Å². The zero-order chi connectivity index (χ0) is 12.9. The Morgan fingerprint density at radius 3 is 1.67 bits per heavy atom. The minimum absolute atomic E-state index is 0.526. The van der Waals surface area contributed by atoms with Crippen molar-refractivity contribution in [2.75, 3.05) is 6.61 Å². The Kier molecular flexibility index (Phi) is 10.7. The Bertz CT molecular complexity index is 163. The van der Waals surface area contributed by atoms with E-state index in [1.807, 2.05) is 0 Å². The molecule has 1 heterocycles. The van der Waals surface area contributed by atoms with Crippen LogP contribution in [0, 0.1) is 6.42 Å². The molecule has 0 bridgehead atoms. The van der Waals surface area contributed by atoms with Crippen molar-refractivity contribution in [3.8, 4) is 0 Å². The van der Waals surface area contributed by atoms with Crippen LogP contribution >= 0.6 is 0 Å². The van der Waals surface area contributed by atoms with Crippen LogP contribution in [-0.4, -0.2) is 12.7 Å². The molecule has 1 rings (SSSR count). The summed E-state index contributed by atoms with van der Waals surface area (Å²) in [5, 5.41) is 0. The van der Waals surface area contributed by atoms with Crippen LogP contribution in [-0.2, 0) is 4.74 Å². The highest BCUT2D eigenvalue weighted by atomic mass is 16.6. The van der Waals surface area contributed by atoms with Gasteiger partial charge in [0.15, 0.2) is 0 Å². The van der Waals surface area contributed by atoms with Gasteiger partial charge in [0.1, 0.15) is 0 Å². The van der Waals surface area contributed by atoms with Crippen molar-refractivity contribution in [1.82, 2.24) is 0 Å². The largest absolute Gasteiger partial charge is 0.373 e. The molecule has 107 valence electrons. The molecule has 0 aromatic rings. The summed E-state index contributed by atoms with van der Waals surface area (Å²) in [6.07, 6.45) is 21.4. The quantitative estimate of drug-likeness (QED) is 0.286. The second-order valence-corrected chi connectivity index (χ2v) is 5.79. The zero-order valence-electron chi connectivity index (χ0n) is 12.5. The SMILES string of the molecule is CCCCCCCCCCCCCC[CH]C1CO1. The Labute approximate surface area is 115 Å². The normalized spacial score (nSPS) is 18.2. The number of rotatable bonds is 14. The van der Waals surface area contributed by atoms with Gasteiger partial charge in [-0.15, -0.1) is 0 Å². The number of hydrogen-bond donors (Lipinski definition) is 0. The molecule has 1 nitrogen and oxygen atoms in total. The molecule has 1 heteroatoms. The molecule has 0 N–H and O–H groups in total. The van der Waals surface area contributed by atoms with E-state index in [4.69, 9.17) is 4.74 Å². The minimum atomic E-state index is 0.526. The fraction of sp³-hybridized carbons (Fsp3) is 0.941. The van der Waals surface area contributed by atoms with Gasteiger partial charge >= 0.3 is 0 Å². The molecule has 1 fully saturated rings.